The van der Waals surface area contributed by atoms with Crippen molar-refractivity contribution in [1.29, 1.82) is 0 Å². The molecule has 4 nitrogen and oxygen atoms in total. The summed E-state index contributed by atoms with van der Waals surface area (Å²) in [5.41, 5.74) is 2.77. The average molecular weight is 542 g/mol. The van der Waals surface area contributed by atoms with Crippen LogP contribution in [-0.4, -0.2) is 28.8 Å². The van der Waals surface area contributed by atoms with E-state index in [4.69, 9.17) is 11.6 Å². The third-order valence-electron chi connectivity index (χ3n) is 5.76. The quantitative estimate of drug-likeness (QED) is 0.332. The van der Waals surface area contributed by atoms with Gasteiger partial charge in [0.15, 0.2) is 0 Å². The van der Waals surface area contributed by atoms with Gasteiger partial charge in [0, 0.05) is 28.5 Å². The molecule has 3 aromatic rings. The molecule has 0 aliphatic rings. The summed E-state index contributed by atoms with van der Waals surface area (Å²) in [5, 5.41) is 3.67. The minimum absolute atomic E-state index is 0.0153. The molecular formula is C28H30BrClN2O2. The lowest BCUT2D eigenvalue weighted by Gasteiger charge is -2.32. The fourth-order valence-corrected chi connectivity index (χ4v) is 4.41. The summed E-state index contributed by atoms with van der Waals surface area (Å²) in [5.74, 6) is -0.268. The Hall–Kier alpha value is -2.63. The number of carbonyl (C=O) groups is 2. The number of hydrogen-bond acceptors (Lipinski definition) is 2. The van der Waals surface area contributed by atoms with E-state index >= 15 is 0 Å². The van der Waals surface area contributed by atoms with E-state index in [1.165, 1.54) is 0 Å². The highest BCUT2D eigenvalue weighted by Gasteiger charge is 2.31. The second-order valence-electron chi connectivity index (χ2n) is 8.48. The first-order valence-electron chi connectivity index (χ1n) is 11.5. The Morgan fingerprint density at radius 2 is 1.62 bits per heavy atom. The fraction of sp³-hybridized carbons (Fsp3) is 0.286. The summed E-state index contributed by atoms with van der Waals surface area (Å²) in [6.45, 7) is 4.33. The van der Waals surface area contributed by atoms with Gasteiger partial charge in [-0.05, 0) is 54.3 Å². The van der Waals surface area contributed by atoms with Crippen LogP contribution >= 0.6 is 27.5 Å². The van der Waals surface area contributed by atoms with Crippen LogP contribution in [0.25, 0.3) is 0 Å². The van der Waals surface area contributed by atoms with Gasteiger partial charge in [0.25, 0.3) is 0 Å². The lowest BCUT2D eigenvalue weighted by molar-refractivity contribution is -0.141. The summed E-state index contributed by atoms with van der Waals surface area (Å²) in [6.07, 6.45) is 1.40. The van der Waals surface area contributed by atoms with Gasteiger partial charge in [-0.2, -0.15) is 0 Å². The van der Waals surface area contributed by atoms with Gasteiger partial charge >= 0.3 is 0 Å². The molecule has 0 saturated heterocycles. The van der Waals surface area contributed by atoms with E-state index in [2.05, 4.69) is 21.2 Å². The van der Waals surface area contributed by atoms with Crippen molar-refractivity contribution in [2.75, 3.05) is 0 Å². The molecule has 0 aromatic heterocycles. The number of carbonyl (C=O) groups excluding carboxylic acids is 2. The Bertz CT molecular complexity index is 1110. The van der Waals surface area contributed by atoms with Gasteiger partial charge in [-0.25, -0.2) is 0 Å². The Kier molecular flexibility index (Phi) is 9.73. The molecule has 6 heteroatoms. The van der Waals surface area contributed by atoms with Crippen LogP contribution in [0.15, 0.2) is 83.3 Å². The molecule has 0 spiro atoms. The van der Waals surface area contributed by atoms with Crippen molar-refractivity contribution in [2.45, 2.75) is 51.7 Å². The molecule has 0 aliphatic carbocycles. The smallest absolute Gasteiger partial charge is 0.243 e. The van der Waals surface area contributed by atoms with E-state index in [1.807, 2.05) is 80.6 Å². The Morgan fingerprint density at radius 1 is 0.941 bits per heavy atom. The summed E-state index contributed by atoms with van der Waals surface area (Å²) in [7, 11) is 0. The Balaban J connectivity index is 1.97. The van der Waals surface area contributed by atoms with Gasteiger partial charge in [-0.1, -0.05) is 89.1 Å². The number of nitrogens with one attached hydrogen (secondary N) is 1. The zero-order valence-electron chi connectivity index (χ0n) is 19.5. The van der Waals surface area contributed by atoms with Crippen LogP contribution < -0.4 is 5.32 Å². The van der Waals surface area contributed by atoms with Crippen LogP contribution in [0.4, 0.5) is 0 Å². The maximum absolute atomic E-state index is 13.7. The Labute approximate surface area is 215 Å². The van der Waals surface area contributed by atoms with Crippen molar-refractivity contribution in [3.05, 3.63) is 105 Å². The first-order valence-corrected chi connectivity index (χ1v) is 12.7. The van der Waals surface area contributed by atoms with E-state index < -0.39 is 6.04 Å². The van der Waals surface area contributed by atoms with Crippen LogP contribution in [0.1, 0.15) is 37.0 Å². The van der Waals surface area contributed by atoms with Gasteiger partial charge in [-0.3, -0.25) is 9.59 Å². The van der Waals surface area contributed by atoms with Crippen molar-refractivity contribution in [3.63, 3.8) is 0 Å². The molecule has 3 rings (SSSR count). The van der Waals surface area contributed by atoms with Crippen molar-refractivity contribution in [2.24, 2.45) is 0 Å². The average Bonchev–Trinajstić information content (AvgIpc) is 2.81. The maximum Gasteiger partial charge on any atom is 0.243 e. The third-order valence-corrected chi connectivity index (χ3v) is 6.49. The number of benzene rings is 3. The normalized spacial score (nSPS) is 12.6. The van der Waals surface area contributed by atoms with E-state index in [0.717, 1.165) is 27.6 Å². The van der Waals surface area contributed by atoms with Crippen LogP contribution in [0, 0.1) is 0 Å². The minimum atomic E-state index is -0.651. The second kappa shape index (κ2) is 12.7. The molecule has 34 heavy (non-hydrogen) atoms. The predicted octanol–water partition coefficient (Wildman–Crippen LogP) is 6.20. The lowest BCUT2D eigenvalue weighted by atomic mass is 10.0. The van der Waals surface area contributed by atoms with Crippen molar-refractivity contribution < 1.29 is 9.59 Å². The molecule has 2 amide bonds. The molecule has 0 radical (unpaired) electrons. The maximum atomic E-state index is 13.7. The highest BCUT2D eigenvalue weighted by molar-refractivity contribution is 9.10. The number of amides is 2. The molecule has 0 bridgehead atoms. The predicted molar refractivity (Wildman–Crippen MR) is 142 cm³/mol. The first kappa shape index (κ1) is 26.0. The largest absolute Gasteiger partial charge is 0.352 e. The van der Waals surface area contributed by atoms with E-state index in [0.29, 0.717) is 18.0 Å². The summed E-state index contributed by atoms with van der Waals surface area (Å²) in [6, 6.07) is 24.3. The molecule has 0 unspecified atom stereocenters. The van der Waals surface area contributed by atoms with E-state index in [1.54, 1.807) is 17.0 Å². The summed E-state index contributed by atoms with van der Waals surface area (Å²) < 4.78 is 0.927. The Morgan fingerprint density at radius 3 is 2.29 bits per heavy atom. The number of hydrogen-bond donors (Lipinski definition) is 1. The van der Waals surface area contributed by atoms with Gasteiger partial charge < -0.3 is 10.2 Å². The molecule has 1 N–H and O–H groups in total. The summed E-state index contributed by atoms with van der Waals surface area (Å²) in [4.78, 5) is 28.9. The van der Waals surface area contributed by atoms with Gasteiger partial charge in [0.1, 0.15) is 6.04 Å². The topological polar surface area (TPSA) is 49.4 Å². The van der Waals surface area contributed by atoms with Gasteiger partial charge in [-0.15, -0.1) is 0 Å². The zero-order chi connectivity index (χ0) is 24.5. The van der Waals surface area contributed by atoms with E-state index in [9.17, 15) is 9.59 Å². The molecule has 0 fully saturated rings. The van der Waals surface area contributed by atoms with Crippen LogP contribution in [0.5, 0.6) is 0 Å². The fourth-order valence-electron chi connectivity index (χ4n) is 3.75. The zero-order valence-corrected chi connectivity index (χ0v) is 21.9. The number of nitrogens with zero attached hydrogens (tertiary/aromatic N) is 1. The SMILES string of the molecule is CC[C@@H](C)NC(=O)[C@@H](Cc1ccccc1)N(Cc1cccc(Br)c1)C(=O)Cc1cccc(Cl)c1. The highest BCUT2D eigenvalue weighted by atomic mass is 79.9. The molecule has 0 saturated carbocycles. The molecular weight excluding hydrogens is 512 g/mol. The minimum Gasteiger partial charge on any atom is -0.352 e. The molecule has 2 atom stereocenters. The summed E-state index contributed by atoms with van der Waals surface area (Å²) >= 11 is 9.67. The van der Waals surface area contributed by atoms with Crippen molar-refractivity contribution in [3.8, 4) is 0 Å². The third kappa shape index (κ3) is 7.71. The molecule has 0 aliphatic heterocycles. The van der Waals surface area contributed by atoms with Crippen molar-refractivity contribution >= 4 is 39.3 Å². The van der Waals surface area contributed by atoms with Gasteiger partial charge in [0.05, 0.1) is 6.42 Å². The first-order chi connectivity index (χ1) is 16.4. The highest BCUT2D eigenvalue weighted by Crippen LogP contribution is 2.20. The monoisotopic (exact) mass is 540 g/mol. The lowest BCUT2D eigenvalue weighted by Crippen LogP contribution is -2.52. The molecule has 0 heterocycles. The van der Waals surface area contributed by atoms with E-state index in [-0.39, 0.29) is 24.3 Å². The number of halogens is 2. The van der Waals surface area contributed by atoms with Crippen LogP contribution in [0.3, 0.4) is 0 Å². The molecule has 178 valence electrons. The number of rotatable bonds is 10. The second-order valence-corrected chi connectivity index (χ2v) is 9.83. The van der Waals surface area contributed by atoms with Crippen LogP contribution in [-0.2, 0) is 29.0 Å². The van der Waals surface area contributed by atoms with Crippen LogP contribution in [0.2, 0.25) is 5.02 Å². The van der Waals surface area contributed by atoms with Crippen molar-refractivity contribution in [1.82, 2.24) is 10.2 Å². The standard InChI is InChI=1S/C28H30BrClN2O2/c1-3-20(2)31-28(34)26(17-21-9-5-4-6-10-21)32(19-23-12-7-13-24(29)15-23)27(33)18-22-11-8-14-25(30)16-22/h4-16,20,26H,3,17-19H2,1-2H3,(H,31,34)/t20-,26-/m1/s1. The molecule has 3 aromatic carbocycles. The van der Waals surface area contributed by atoms with Gasteiger partial charge in [0.2, 0.25) is 11.8 Å².